The van der Waals surface area contributed by atoms with E-state index in [0.29, 0.717) is 12.4 Å². The van der Waals surface area contributed by atoms with Gasteiger partial charge in [-0.25, -0.2) is 5.43 Å². The summed E-state index contributed by atoms with van der Waals surface area (Å²) in [5, 5.41) is 3.94. The first-order valence-corrected chi connectivity index (χ1v) is 9.08. The second kappa shape index (κ2) is 11.5. The number of nitrogens with zero attached hydrogens (tertiary/aromatic N) is 1. The van der Waals surface area contributed by atoms with E-state index in [4.69, 9.17) is 9.47 Å². The number of nitrogens with one attached hydrogen (secondary N) is 1. The number of hydrogen-bond donors (Lipinski definition) is 1. The van der Waals surface area contributed by atoms with Crippen LogP contribution in [0.5, 0.6) is 11.5 Å². The van der Waals surface area contributed by atoms with Gasteiger partial charge in [0.1, 0.15) is 11.5 Å². The minimum absolute atomic E-state index is 0.102. The van der Waals surface area contributed by atoms with Gasteiger partial charge in [-0.05, 0) is 48.7 Å². The molecule has 0 aliphatic rings. The Balaban J connectivity index is 1.72. The van der Waals surface area contributed by atoms with E-state index in [2.05, 4.69) is 17.5 Å². The molecule has 27 heavy (non-hydrogen) atoms. The van der Waals surface area contributed by atoms with Crippen molar-refractivity contribution in [2.45, 2.75) is 26.7 Å². The average molecular weight is 366 g/mol. The fourth-order valence-electron chi connectivity index (χ4n) is 2.20. The number of allylic oxidation sites excluding steroid dienone is 1. The molecule has 0 aliphatic heterocycles. The molecule has 5 heteroatoms. The summed E-state index contributed by atoms with van der Waals surface area (Å²) in [4.78, 5) is 11.8. The molecule has 0 aliphatic carbocycles. The maximum Gasteiger partial charge on any atom is 0.277 e. The smallest absolute Gasteiger partial charge is 0.277 e. The molecule has 0 fully saturated rings. The zero-order valence-corrected chi connectivity index (χ0v) is 15.9. The van der Waals surface area contributed by atoms with Crippen LogP contribution in [-0.4, -0.2) is 25.3 Å². The molecule has 142 valence electrons. The van der Waals surface area contributed by atoms with Crippen LogP contribution in [0.3, 0.4) is 0 Å². The van der Waals surface area contributed by atoms with Gasteiger partial charge >= 0.3 is 0 Å². The van der Waals surface area contributed by atoms with Crippen LogP contribution in [0.15, 0.2) is 65.3 Å². The van der Waals surface area contributed by atoms with Crippen molar-refractivity contribution in [3.8, 4) is 11.5 Å². The van der Waals surface area contributed by atoms with Crippen LogP contribution in [-0.2, 0) is 4.79 Å². The molecule has 2 aromatic rings. The molecular weight excluding hydrogens is 340 g/mol. The fraction of sp³-hybridized carbons (Fsp3) is 0.273. The summed E-state index contributed by atoms with van der Waals surface area (Å²) < 4.78 is 11.0. The van der Waals surface area contributed by atoms with Crippen LogP contribution in [0.4, 0.5) is 0 Å². The van der Waals surface area contributed by atoms with E-state index in [1.807, 2.05) is 55.5 Å². The lowest BCUT2D eigenvalue weighted by atomic mass is 10.1. The van der Waals surface area contributed by atoms with Crippen molar-refractivity contribution in [3.05, 3.63) is 65.7 Å². The number of rotatable bonds is 10. The van der Waals surface area contributed by atoms with Gasteiger partial charge in [0.15, 0.2) is 6.61 Å². The first-order valence-electron chi connectivity index (χ1n) is 9.08. The third kappa shape index (κ3) is 8.23. The van der Waals surface area contributed by atoms with E-state index in [0.717, 1.165) is 29.7 Å². The van der Waals surface area contributed by atoms with E-state index in [1.165, 1.54) is 0 Å². The molecule has 0 unspecified atom stereocenters. The molecule has 2 rings (SSSR count). The summed E-state index contributed by atoms with van der Waals surface area (Å²) in [6, 6.07) is 17.1. The van der Waals surface area contributed by atoms with Gasteiger partial charge in [0, 0.05) is 0 Å². The summed E-state index contributed by atoms with van der Waals surface area (Å²) in [6.45, 7) is 4.64. The topological polar surface area (TPSA) is 59.9 Å². The quantitative estimate of drug-likeness (QED) is 0.384. The van der Waals surface area contributed by atoms with Crippen LogP contribution < -0.4 is 14.9 Å². The molecule has 5 nitrogen and oxygen atoms in total. The summed E-state index contributed by atoms with van der Waals surface area (Å²) in [5.74, 6) is 1.09. The van der Waals surface area contributed by atoms with Crippen molar-refractivity contribution in [2.24, 2.45) is 5.10 Å². The lowest BCUT2D eigenvalue weighted by Crippen LogP contribution is -2.24. The van der Waals surface area contributed by atoms with Crippen molar-refractivity contribution in [1.82, 2.24) is 5.43 Å². The molecule has 2 aromatic carbocycles. The van der Waals surface area contributed by atoms with Gasteiger partial charge < -0.3 is 9.47 Å². The largest absolute Gasteiger partial charge is 0.494 e. The highest BCUT2D eigenvalue weighted by Gasteiger charge is 2.02. The molecule has 1 N–H and O–H groups in total. The Morgan fingerprint density at radius 3 is 2.37 bits per heavy atom. The van der Waals surface area contributed by atoms with Gasteiger partial charge in [-0.3, -0.25) is 4.79 Å². The van der Waals surface area contributed by atoms with Crippen molar-refractivity contribution in [3.63, 3.8) is 0 Å². The summed E-state index contributed by atoms with van der Waals surface area (Å²) >= 11 is 0. The van der Waals surface area contributed by atoms with Crippen LogP contribution in [0.1, 0.15) is 32.3 Å². The van der Waals surface area contributed by atoms with Gasteiger partial charge in [0.2, 0.25) is 0 Å². The highest BCUT2D eigenvalue weighted by molar-refractivity contribution is 5.86. The summed E-state index contributed by atoms with van der Waals surface area (Å²) in [5.41, 5.74) is 4.47. The standard InChI is InChI=1S/C22H26N2O3/c1-3-4-14-26-20-10-12-21(13-11-20)27-17-22(25)24-23-16-18(2)15-19-8-6-5-7-9-19/h5-13,15-16H,3-4,14,17H2,1-2H3,(H,24,25)/b18-15-,23-16-. The van der Waals surface area contributed by atoms with Gasteiger partial charge in [-0.2, -0.15) is 5.10 Å². The Kier molecular flexibility index (Phi) is 8.63. The number of carbonyl (C=O) groups excluding carboxylic acids is 1. The molecule has 0 saturated carbocycles. The predicted octanol–water partition coefficient (Wildman–Crippen LogP) is 4.45. The number of amides is 1. The molecular formula is C22H26N2O3. The van der Waals surface area contributed by atoms with E-state index in [-0.39, 0.29) is 12.5 Å². The number of hydrogen-bond acceptors (Lipinski definition) is 4. The van der Waals surface area contributed by atoms with Gasteiger partial charge in [-0.15, -0.1) is 0 Å². The SMILES string of the molecule is CCCCOc1ccc(OCC(=O)N/N=C\C(C)=C/c2ccccc2)cc1. The van der Waals surface area contributed by atoms with Gasteiger partial charge in [0.05, 0.1) is 12.8 Å². The Bertz CT molecular complexity index is 753. The third-order valence-corrected chi connectivity index (χ3v) is 3.61. The number of benzene rings is 2. The van der Waals surface area contributed by atoms with E-state index in [1.54, 1.807) is 18.3 Å². The monoisotopic (exact) mass is 366 g/mol. The number of hydrazone groups is 1. The summed E-state index contributed by atoms with van der Waals surface area (Å²) in [6.07, 6.45) is 5.71. The van der Waals surface area contributed by atoms with Crippen LogP contribution >= 0.6 is 0 Å². The highest BCUT2D eigenvalue weighted by atomic mass is 16.5. The number of carbonyl (C=O) groups is 1. The molecule has 1 amide bonds. The zero-order valence-electron chi connectivity index (χ0n) is 15.9. The van der Waals surface area contributed by atoms with Gasteiger partial charge in [-0.1, -0.05) is 49.8 Å². The van der Waals surface area contributed by atoms with E-state index >= 15 is 0 Å². The van der Waals surface area contributed by atoms with Crippen molar-refractivity contribution in [2.75, 3.05) is 13.2 Å². The average Bonchev–Trinajstić information content (AvgIpc) is 2.68. The molecule has 0 heterocycles. The highest BCUT2D eigenvalue weighted by Crippen LogP contribution is 2.17. The molecule has 0 spiro atoms. The lowest BCUT2D eigenvalue weighted by Gasteiger charge is -2.07. The minimum Gasteiger partial charge on any atom is -0.494 e. The van der Waals surface area contributed by atoms with Crippen molar-refractivity contribution in [1.29, 1.82) is 0 Å². The Hall–Kier alpha value is -3.08. The van der Waals surface area contributed by atoms with Crippen LogP contribution in [0.2, 0.25) is 0 Å². The van der Waals surface area contributed by atoms with E-state index in [9.17, 15) is 4.79 Å². The first kappa shape index (κ1) is 20.2. The first-order chi connectivity index (χ1) is 13.2. The number of ether oxygens (including phenoxy) is 2. The Morgan fingerprint density at radius 1 is 1.04 bits per heavy atom. The van der Waals surface area contributed by atoms with Crippen LogP contribution in [0.25, 0.3) is 6.08 Å². The predicted molar refractivity (Wildman–Crippen MR) is 109 cm³/mol. The second-order valence-electron chi connectivity index (χ2n) is 6.05. The third-order valence-electron chi connectivity index (χ3n) is 3.61. The Morgan fingerprint density at radius 2 is 1.70 bits per heavy atom. The zero-order chi connectivity index (χ0) is 19.3. The molecule has 0 saturated heterocycles. The molecule has 0 radical (unpaired) electrons. The molecule has 0 bridgehead atoms. The molecule has 0 atom stereocenters. The molecule has 0 aromatic heterocycles. The van der Waals surface area contributed by atoms with Gasteiger partial charge in [0.25, 0.3) is 5.91 Å². The van der Waals surface area contributed by atoms with Crippen molar-refractivity contribution >= 4 is 18.2 Å². The second-order valence-corrected chi connectivity index (χ2v) is 6.05. The fourth-order valence-corrected chi connectivity index (χ4v) is 2.20. The summed E-state index contributed by atoms with van der Waals surface area (Å²) in [7, 11) is 0. The van der Waals surface area contributed by atoms with E-state index < -0.39 is 0 Å². The maximum absolute atomic E-state index is 11.8. The lowest BCUT2D eigenvalue weighted by molar-refractivity contribution is -0.123. The Labute approximate surface area is 160 Å². The maximum atomic E-state index is 11.8. The van der Waals surface area contributed by atoms with Crippen LogP contribution in [0, 0.1) is 0 Å². The minimum atomic E-state index is -0.318. The van der Waals surface area contributed by atoms with Crippen molar-refractivity contribution < 1.29 is 14.3 Å². The number of unbranched alkanes of at least 4 members (excludes halogenated alkanes) is 1. The normalized spacial score (nSPS) is 11.4.